The Morgan fingerprint density at radius 2 is 1.82 bits per heavy atom. The maximum atomic E-state index is 12.8. The van der Waals surface area contributed by atoms with Crippen LogP contribution in [0, 0.1) is 13.8 Å². The third kappa shape index (κ3) is 4.55. The van der Waals surface area contributed by atoms with E-state index < -0.39 is 0 Å². The SMILES string of the molecule is CCOc1c(/C(C)=C/C(=O)Nc2ccccc2OC)cc2c(-c3ccc(C)cc3)coc2c1C. The molecule has 1 amide bonds. The molecule has 1 heterocycles. The van der Waals surface area contributed by atoms with Crippen molar-refractivity contribution in [2.75, 3.05) is 19.0 Å². The van der Waals surface area contributed by atoms with Crippen molar-refractivity contribution in [3.63, 3.8) is 0 Å². The standard InChI is InChI=1S/C29H29NO4/c1-6-33-28-20(4)29-23(24(17-34-29)21-13-11-18(2)12-14-21)16-22(28)19(3)15-27(31)30-25-9-7-8-10-26(25)32-5/h7-17H,6H2,1-5H3,(H,30,31)/b19-15+. The molecule has 0 saturated heterocycles. The molecule has 1 aromatic heterocycles. The number of para-hydroxylation sites is 2. The van der Waals surface area contributed by atoms with Crippen LogP contribution >= 0.6 is 0 Å². The number of hydrogen-bond donors (Lipinski definition) is 1. The number of ether oxygens (including phenoxy) is 2. The molecule has 3 aromatic carbocycles. The van der Waals surface area contributed by atoms with E-state index in [9.17, 15) is 4.79 Å². The van der Waals surface area contributed by atoms with Crippen LogP contribution in [0.2, 0.25) is 0 Å². The fourth-order valence-electron chi connectivity index (χ4n) is 4.09. The van der Waals surface area contributed by atoms with Gasteiger partial charge < -0.3 is 19.2 Å². The van der Waals surface area contributed by atoms with Crippen molar-refractivity contribution >= 4 is 28.1 Å². The van der Waals surface area contributed by atoms with Crippen LogP contribution in [0.3, 0.4) is 0 Å². The average molecular weight is 456 g/mol. The summed E-state index contributed by atoms with van der Waals surface area (Å²) in [5.41, 5.74) is 7.25. The van der Waals surface area contributed by atoms with Crippen molar-refractivity contribution in [3.8, 4) is 22.6 Å². The number of furan rings is 1. The van der Waals surface area contributed by atoms with Crippen LogP contribution in [0.5, 0.6) is 11.5 Å². The van der Waals surface area contributed by atoms with Crippen molar-refractivity contribution < 1.29 is 18.7 Å². The van der Waals surface area contributed by atoms with Crippen LogP contribution in [0.15, 0.2) is 71.4 Å². The molecular weight excluding hydrogens is 426 g/mol. The van der Waals surface area contributed by atoms with Crippen molar-refractivity contribution in [1.29, 1.82) is 0 Å². The number of benzene rings is 3. The van der Waals surface area contributed by atoms with Gasteiger partial charge in [0.05, 0.1) is 25.7 Å². The molecule has 4 rings (SSSR count). The quantitative estimate of drug-likeness (QED) is 0.300. The second-order valence-electron chi connectivity index (χ2n) is 8.22. The lowest BCUT2D eigenvalue weighted by atomic mass is 9.96. The van der Waals surface area contributed by atoms with E-state index in [0.717, 1.165) is 44.5 Å². The number of amides is 1. The van der Waals surface area contributed by atoms with Crippen LogP contribution < -0.4 is 14.8 Å². The van der Waals surface area contributed by atoms with E-state index in [1.165, 1.54) is 5.56 Å². The largest absolute Gasteiger partial charge is 0.495 e. The van der Waals surface area contributed by atoms with Gasteiger partial charge in [0, 0.05) is 28.2 Å². The Balaban J connectivity index is 1.77. The molecule has 0 unspecified atom stereocenters. The van der Waals surface area contributed by atoms with Gasteiger partial charge in [-0.15, -0.1) is 0 Å². The molecule has 0 atom stereocenters. The van der Waals surface area contributed by atoms with Gasteiger partial charge in [-0.1, -0.05) is 42.0 Å². The minimum Gasteiger partial charge on any atom is -0.495 e. The summed E-state index contributed by atoms with van der Waals surface area (Å²) in [5.74, 6) is 1.09. The van der Waals surface area contributed by atoms with Crippen molar-refractivity contribution in [1.82, 2.24) is 0 Å². The van der Waals surface area contributed by atoms with E-state index in [1.54, 1.807) is 25.5 Å². The summed E-state index contributed by atoms with van der Waals surface area (Å²) in [6.07, 6.45) is 3.37. The fourth-order valence-corrected chi connectivity index (χ4v) is 4.09. The molecule has 0 spiro atoms. The average Bonchev–Trinajstić information content (AvgIpc) is 3.26. The number of rotatable bonds is 7. The molecule has 0 bridgehead atoms. The van der Waals surface area contributed by atoms with Crippen molar-refractivity contribution in [2.24, 2.45) is 0 Å². The molecule has 0 aliphatic carbocycles. The van der Waals surface area contributed by atoms with Gasteiger partial charge in [0.2, 0.25) is 5.91 Å². The Kier molecular flexibility index (Phi) is 6.73. The smallest absolute Gasteiger partial charge is 0.248 e. The number of allylic oxidation sites excluding steroid dienone is 1. The molecule has 0 radical (unpaired) electrons. The molecule has 1 N–H and O–H groups in total. The third-order valence-electron chi connectivity index (χ3n) is 5.83. The second-order valence-corrected chi connectivity index (χ2v) is 8.22. The summed E-state index contributed by atoms with van der Waals surface area (Å²) in [6, 6.07) is 17.7. The summed E-state index contributed by atoms with van der Waals surface area (Å²) in [5, 5.41) is 3.89. The van der Waals surface area contributed by atoms with E-state index in [2.05, 4.69) is 36.5 Å². The van der Waals surface area contributed by atoms with Gasteiger partial charge in [-0.2, -0.15) is 0 Å². The highest BCUT2D eigenvalue weighted by Gasteiger charge is 2.19. The number of carbonyl (C=O) groups excluding carboxylic acids is 1. The number of nitrogens with one attached hydrogen (secondary N) is 1. The Morgan fingerprint density at radius 1 is 1.09 bits per heavy atom. The number of hydrogen-bond acceptors (Lipinski definition) is 4. The van der Waals surface area contributed by atoms with Crippen LogP contribution in [0.4, 0.5) is 5.69 Å². The molecule has 0 fully saturated rings. The summed E-state index contributed by atoms with van der Waals surface area (Å²) in [4.78, 5) is 12.8. The minimum atomic E-state index is -0.242. The van der Waals surface area contributed by atoms with E-state index >= 15 is 0 Å². The zero-order valence-corrected chi connectivity index (χ0v) is 20.2. The summed E-state index contributed by atoms with van der Waals surface area (Å²) in [7, 11) is 1.58. The maximum Gasteiger partial charge on any atom is 0.248 e. The highest BCUT2D eigenvalue weighted by Crippen LogP contribution is 2.40. The normalized spacial score (nSPS) is 11.5. The molecule has 0 aliphatic heterocycles. The van der Waals surface area contributed by atoms with Gasteiger partial charge in [0.1, 0.15) is 17.1 Å². The minimum absolute atomic E-state index is 0.242. The summed E-state index contributed by atoms with van der Waals surface area (Å²) < 4.78 is 17.3. The molecule has 5 nitrogen and oxygen atoms in total. The molecule has 34 heavy (non-hydrogen) atoms. The number of carbonyl (C=O) groups is 1. The van der Waals surface area contributed by atoms with E-state index in [1.807, 2.05) is 45.0 Å². The maximum absolute atomic E-state index is 12.8. The molecule has 0 aliphatic rings. The second kappa shape index (κ2) is 9.87. The first-order valence-corrected chi connectivity index (χ1v) is 11.3. The van der Waals surface area contributed by atoms with Crippen LogP contribution in [-0.2, 0) is 4.79 Å². The van der Waals surface area contributed by atoms with E-state index in [-0.39, 0.29) is 5.91 Å². The van der Waals surface area contributed by atoms with Crippen molar-refractivity contribution in [2.45, 2.75) is 27.7 Å². The van der Waals surface area contributed by atoms with Crippen LogP contribution in [0.1, 0.15) is 30.5 Å². The van der Waals surface area contributed by atoms with Gasteiger partial charge in [-0.25, -0.2) is 0 Å². The first-order valence-electron chi connectivity index (χ1n) is 11.3. The number of aryl methyl sites for hydroxylation is 2. The van der Waals surface area contributed by atoms with Gasteiger partial charge in [0.25, 0.3) is 0 Å². The molecule has 5 heteroatoms. The number of anilines is 1. The summed E-state index contributed by atoms with van der Waals surface area (Å²) in [6.45, 7) is 8.42. The predicted molar refractivity (Wildman–Crippen MR) is 138 cm³/mol. The predicted octanol–water partition coefficient (Wildman–Crippen LogP) is 7.17. The van der Waals surface area contributed by atoms with Crippen LogP contribution in [0.25, 0.3) is 27.7 Å². The lowest BCUT2D eigenvalue weighted by Gasteiger charge is -2.15. The Morgan fingerprint density at radius 3 is 2.53 bits per heavy atom. The lowest BCUT2D eigenvalue weighted by Crippen LogP contribution is -2.10. The zero-order chi connectivity index (χ0) is 24.2. The van der Waals surface area contributed by atoms with Gasteiger partial charge in [-0.05, 0) is 57.0 Å². The summed E-state index contributed by atoms with van der Waals surface area (Å²) >= 11 is 0. The fraction of sp³-hybridized carbons (Fsp3) is 0.207. The highest BCUT2D eigenvalue weighted by molar-refractivity contribution is 6.06. The van der Waals surface area contributed by atoms with Crippen LogP contribution in [-0.4, -0.2) is 19.6 Å². The monoisotopic (exact) mass is 455 g/mol. The number of methoxy groups -OCH3 is 1. The molecular formula is C29H29NO4. The molecule has 0 saturated carbocycles. The van der Waals surface area contributed by atoms with E-state index in [4.69, 9.17) is 13.9 Å². The Bertz CT molecular complexity index is 1360. The van der Waals surface area contributed by atoms with Gasteiger partial charge >= 0.3 is 0 Å². The first-order chi connectivity index (χ1) is 16.4. The Hall–Kier alpha value is -3.99. The Labute approximate surface area is 200 Å². The molecule has 174 valence electrons. The van der Waals surface area contributed by atoms with E-state index in [0.29, 0.717) is 18.0 Å². The highest BCUT2D eigenvalue weighted by atomic mass is 16.5. The topological polar surface area (TPSA) is 60.7 Å². The lowest BCUT2D eigenvalue weighted by molar-refractivity contribution is -0.111. The first kappa shape index (κ1) is 23.2. The zero-order valence-electron chi connectivity index (χ0n) is 20.2. The van der Waals surface area contributed by atoms with Gasteiger partial charge in [0.15, 0.2) is 0 Å². The van der Waals surface area contributed by atoms with Gasteiger partial charge in [-0.3, -0.25) is 4.79 Å². The third-order valence-corrected chi connectivity index (χ3v) is 5.83. The molecule has 4 aromatic rings. The van der Waals surface area contributed by atoms with Crippen molar-refractivity contribution in [3.05, 3.63) is 83.6 Å². The number of fused-ring (bicyclic) bond motifs is 1.